The molecule has 2 saturated heterocycles. The van der Waals surface area contributed by atoms with Crippen LogP contribution in [0.4, 0.5) is 0 Å². The van der Waals surface area contributed by atoms with Crippen LogP contribution in [-0.4, -0.2) is 60.7 Å². The van der Waals surface area contributed by atoms with Crippen LogP contribution in [0.2, 0.25) is 0 Å². The average Bonchev–Trinajstić information content (AvgIpc) is 3.45. The fourth-order valence-corrected chi connectivity index (χ4v) is 16.8. The summed E-state index contributed by atoms with van der Waals surface area (Å²) in [7, 11) is 0. The Balaban J connectivity index is 0.940. The minimum atomic E-state index is -1.71. The normalized spacial score (nSPS) is 52.4. The van der Waals surface area contributed by atoms with Gasteiger partial charge in [0.1, 0.15) is 0 Å². The van der Waals surface area contributed by atoms with Gasteiger partial charge in [-0.15, -0.1) is 0 Å². The molecule has 8 aliphatic carbocycles. The first-order chi connectivity index (χ1) is 23.2. The van der Waals surface area contributed by atoms with Crippen molar-refractivity contribution >= 4 is 17.0 Å². The second kappa shape index (κ2) is 10.9. The zero-order chi connectivity index (χ0) is 34.5. The van der Waals surface area contributed by atoms with Crippen molar-refractivity contribution in [3.05, 3.63) is 35.5 Å². The van der Waals surface area contributed by atoms with Gasteiger partial charge in [0.2, 0.25) is 0 Å². The van der Waals surface area contributed by atoms with Crippen LogP contribution in [0.25, 0.3) is 0 Å². The third kappa shape index (κ3) is 4.52. The maximum Gasteiger partial charge on any atom is 0.307 e. The Bertz CT molecular complexity index is 1540. The number of carboxylic acid groups (broad SMARTS) is 1. The molecule has 0 radical (unpaired) electrons. The minimum absolute atomic E-state index is 0.121. The van der Waals surface area contributed by atoms with E-state index in [4.69, 9.17) is 0 Å². The smallest absolute Gasteiger partial charge is 0.307 e. The molecule has 10 rings (SSSR count). The largest absolute Gasteiger partial charge is 0.481 e. The lowest BCUT2D eigenvalue weighted by Crippen LogP contribution is -2.64. The number of hydrogen-bond acceptors (Lipinski definition) is 4. The molecule has 2 bridgehead atoms. The fraction of sp³-hybridized carbons (Fsp3) is 0.833. The van der Waals surface area contributed by atoms with Crippen molar-refractivity contribution in [2.24, 2.45) is 69.5 Å². The Morgan fingerprint density at radius 3 is 2.43 bits per heavy atom. The standard InChI is InChI=1S/C42H62N2O4S/c1-24(2)27-9-15-42(43-17-18-44-23-41(49(47)48)21-26(44)22-41)16-11-32-28(36(27)42)7-8-34-39(32,5)14-12-33-38(3,4)31(10-13-40(33,34)6)25-19-29-30(20-25)35(29)37(45)46/h10,19,26-30,32-36,43H,1,7-9,11-18,20-23H2,2-6H3,(H,45,46)(H,47,48). The van der Waals surface area contributed by atoms with Gasteiger partial charge in [0.15, 0.2) is 11.1 Å². The Labute approximate surface area is 297 Å². The lowest BCUT2D eigenvalue weighted by molar-refractivity contribution is -0.177. The van der Waals surface area contributed by atoms with Gasteiger partial charge in [-0.3, -0.25) is 9.69 Å². The van der Waals surface area contributed by atoms with Crippen LogP contribution in [0.3, 0.4) is 0 Å². The van der Waals surface area contributed by atoms with Crippen molar-refractivity contribution < 1.29 is 18.7 Å². The molecule has 3 N–H and O–H groups in total. The van der Waals surface area contributed by atoms with Crippen molar-refractivity contribution in [3.8, 4) is 0 Å². The maximum atomic E-state index is 12.0. The monoisotopic (exact) mass is 690 g/mol. The summed E-state index contributed by atoms with van der Waals surface area (Å²) in [6, 6.07) is 0.501. The summed E-state index contributed by atoms with van der Waals surface area (Å²) in [6.45, 7) is 20.1. The van der Waals surface area contributed by atoms with E-state index in [0.717, 1.165) is 56.7 Å². The highest BCUT2D eigenvalue weighted by Crippen LogP contribution is 2.73. The number of carboxylic acids is 1. The summed E-state index contributed by atoms with van der Waals surface area (Å²) in [4.78, 5) is 14.2. The first kappa shape index (κ1) is 33.5. The quantitative estimate of drug-likeness (QED) is 0.178. The van der Waals surface area contributed by atoms with Crippen LogP contribution < -0.4 is 5.32 Å². The SMILES string of the molecule is C=C(C)C1CCC2(NCCN3CC4(S(=O)O)CC3C4)CCC3C(CCC4C3(C)CCC3C(C)(C)C(C5=CC6C(C5)C6C(=O)O)=CCC34C)C12. The number of rotatable bonds is 8. The van der Waals surface area contributed by atoms with E-state index in [1.165, 1.54) is 68.9 Å². The first-order valence-corrected chi connectivity index (χ1v) is 21.2. The fourth-order valence-electron chi connectivity index (χ4n) is 15.9. The van der Waals surface area contributed by atoms with Gasteiger partial charge >= 0.3 is 5.97 Å². The molecule has 8 fully saturated rings. The van der Waals surface area contributed by atoms with E-state index < -0.39 is 17.0 Å². The second-order valence-corrected chi connectivity index (χ2v) is 21.5. The molecule has 0 aromatic rings. The highest BCUT2D eigenvalue weighted by atomic mass is 32.2. The summed E-state index contributed by atoms with van der Waals surface area (Å²) in [5.74, 6) is 4.09. The third-order valence-electron chi connectivity index (χ3n) is 18.0. The predicted molar refractivity (Wildman–Crippen MR) is 195 cm³/mol. The molecule has 0 aromatic heterocycles. The van der Waals surface area contributed by atoms with Gasteiger partial charge in [0.25, 0.3) is 0 Å². The average molecular weight is 691 g/mol. The summed E-state index contributed by atoms with van der Waals surface area (Å²) in [5, 5.41) is 13.9. The van der Waals surface area contributed by atoms with Crippen LogP contribution >= 0.6 is 0 Å². The summed E-state index contributed by atoms with van der Waals surface area (Å²) < 4.78 is 21.6. The lowest BCUT2D eigenvalue weighted by Gasteiger charge is -2.68. The molecule has 0 spiro atoms. The molecule has 270 valence electrons. The van der Waals surface area contributed by atoms with E-state index in [1.807, 2.05) is 0 Å². The molecule has 0 aromatic carbocycles. The third-order valence-corrected chi connectivity index (χ3v) is 19.2. The Morgan fingerprint density at radius 1 is 1.02 bits per heavy atom. The maximum absolute atomic E-state index is 12.0. The van der Waals surface area contributed by atoms with E-state index in [-0.39, 0.29) is 27.5 Å². The van der Waals surface area contributed by atoms with E-state index in [1.54, 1.807) is 5.57 Å². The topological polar surface area (TPSA) is 89.9 Å². The van der Waals surface area contributed by atoms with E-state index in [9.17, 15) is 18.7 Å². The van der Waals surface area contributed by atoms with Crippen LogP contribution in [0, 0.1) is 69.5 Å². The molecule has 49 heavy (non-hydrogen) atoms. The summed E-state index contributed by atoms with van der Waals surface area (Å²) >= 11 is -1.71. The molecule has 13 unspecified atom stereocenters. The van der Waals surface area contributed by atoms with Gasteiger partial charge in [0, 0.05) is 31.2 Å². The molecular formula is C42H62N2O4S. The number of nitrogens with one attached hydrogen (secondary N) is 1. The van der Waals surface area contributed by atoms with E-state index >= 15 is 0 Å². The number of nitrogens with zero attached hydrogens (tertiary/aromatic N) is 1. The van der Waals surface area contributed by atoms with Crippen molar-refractivity contribution in [1.82, 2.24) is 10.2 Å². The van der Waals surface area contributed by atoms with Gasteiger partial charge in [-0.2, -0.15) is 0 Å². The number of fused-ring (bicyclic) bond motifs is 9. The van der Waals surface area contributed by atoms with Crippen LogP contribution in [-0.2, 0) is 15.9 Å². The molecule has 7 heteroatoms. The van der Waals surface area contributed by atoms with E-state index in [2.05, 4.69) is 63.6 Å². The van der Waals surface area contributed by atoms with Gasteiger partial charge < -0.3 is 15.0 Å². The van der Waals surface area contributed by atoms with Crippen molar-refractivity contribution in [2.75, 3.05) is 19.6 Å². The molecule has 0 amide bonds. The molecule has 6 saturated carbocycles. The Hall–Kier alpha value is -1.28. The van der Waals surface area contributed by atoms with Gasteiger partial charge in [-0.25, -0.2) is 4.21 Å². The molecule has 10 aliphatic rings. The number of hydrogen-bond donors (Lipinski definition) is 3. The molecular weight excluding hydrogens is 629 g/mol. The Kier molecular flexibility index (Phi) is 7.45. The molecule has 2 aliphatic heterocycles. The number of carbonyl (C=O) groups is 1. The molecule has 2 heterocycles. The molecule has 13 atom stereocenters. The van der Waals surface area contributed by atoms with Crippen LogP contribution in [0.5, 0.6) is 0 Å². The van der Waals surface area contributed by atoms with Gasteiger partial charge in [0.05, 0.1) is 10.7 Å². The van der Waals surface area contributed by atoms with Crippen molar-refractivity contribution in [1.29, 1.82) is 0 Å². The van der Waals surface area contributed by atoms with Crippen molar-refractivity contribution in [2.45, 2.75) is 128 Å². The number of aliphatic carboxylic acids is 1. The van der Waals surface area contributed by atoms with Crippen LogP contribution in [0.15, 0.2) is 35.5 Å². The predicted octanol–water partition coefficient (Wildman–Crippen LogP) is 7.85. The highest BCUT2D eigenvalue weighted by molar-refractivity contribution is 7.80. The second-order valence-electron chi connectivity index (χ2n) is 20.2. The molecule has 6 nitrogen and oxygen atoms in total. The summed E-state index contributed by atoms with van der Waals surface area (Å²) in [5.41, 5.74) is 5.43. The number of allylic oxidation sites excluding steroid dienone is 5. The van der Waals surface area contributed by atoms with E-state index in [0.29, 0.717) is 40.5 Å². The van der Waals surface area contributed by atoms with Gasteiger partial charge in [-0.1, -0.05) is 52.0 Å². The Morgan fingerprint density at radius 2 is 1.78 bits per heavy atom. The minimum Gasteiger partial charge on any atom is -0.481 e. The van der Waals surface area contributed by atoms with Crippen LogP contribution in [0.1, 0.15) is 112 Å². The van der Waals surface area contributed by atoms with Crippen molar-refractivity contribution in [3.63, 3.8) is 0 Å². The zero-order valence-corrected chi connectivity index (χ0v) is 31.6. The summed E-state index contributed by atoms with van der Waals surface area (Å²) in [6.07, 6.45) is 19.4. The first-order valence-electron chi connectivity index (χ1n) is 20.1. The zero-order valence-electron chi connectivity index (χ0n) is 30.8. The van der Waals surface area contributed by atoms with Gasteiger partial charge in [-0.05, 0) is 159 Å². The lowest BCUT2D eigenvalue weighted by atomic mass is 9.36. The highest BCUT2D eigenvalue weighted by Gasteiger charge is 2.67.